The van der Waals surface area contributed by atoms with E-state index in [-0.39, 0.29) is 5.56 Å². The van der Waals surface area contributed by atoms with Gasteiger partial charge in [0.15, 0.2) is 0 Å². The fourth-order valence-electron chi connectivity index (χ4n) is 4.37. The number of nitrogens with zero attached hydrogens (tertiary/aromatic N) is 3. The molecule has 2 aromatic rings. The summed E-state index contributed by atoms with van der Waals surface area (Å²) in [5, 5.41) is 19.9. The van der Waals surface area contributed by atoms with Crippen molar-refractivity contribution in [3.05, 3.63) is 35.4 Å². The number of halogens is 3. The lowest BCUT2D eigenvalue weighted by Gasteiger charge is -2.36. The van der Waals surface area contributed by atoms with Gasteiger partial charge in [0.25, 0.3) is 0 Å². The van der Waals surface area contributed by atoms with E-state index in [0.29, 0.717) is 23.0 Å². The summed E-state index contributed by atoms with van der Waals surface area (Å²) in [6, 6.07) is 6.10. The van der Waals surface area contributed by atoms with Gasteiger partial charge in [0.1, 0.15) is 10.8 Å². The molecule has 1 aromatic carbocycles. The molecule has 0 aliphatic carbocycles. The van der Waals surface area contributed by atoms with E-state index in [1.807, 2.05) is 13.0 Å². The summed E-state index contributed by atoms with van der Waals surface area (Å²) in [4.78, 5) is 2.48. The van der Waals surface area contributed by atoms with Crippen molar-refractivity contribution in [2.75, 3.05) is 7.05 Å². The fourth-order valence-corrected chi connectivity index (χ4v) is 5.75. The highest BCUT2D eigenvalue weighted by Crippen LogP contribution is 2.42. The number of fused-ring (bicyclic) bond motifs is 2. The maximum absolute atomic E-state index is 12.8. The van der Waals surface area contributed by atoms with Gasteiger partial charge >= 0.3 is 6.18 Å². The second-order valence-corrected chi connectivity index (χ2v) is 8.90. The Morgan fingerprint density at radius 1 is 1.11 bits per heavy atom. The molecule has 150 valence electrons. The van der Waals surface area contributed by atoms with E-state index in [1.165, 1.54) is 25.3 Å². The van der Waals surface area contributed by atoms with Crippen molar-refractivity contribution in [3.63, 3.8) is 0 Å². The van der Waals surface area contributed by atoms with E-state index >= 15 is 0 Å². The third-order valence-electron chi connectivity index (χ3n) is 5.92. The second-order valence-electron chi connectivity index (χ2n) is 7.64. The van der Waals surface area contributed by atoms with Gasteiger partial charge in [-0.3, -0.25) is 4.90 Å². The van der Waals surface area contributed by atoms with Gasteiger partial charge in [-0.2, -0.15) is 13.2 Å². The molecule has 3 heterocycles. The fraction of sp³-hybridized carbons (Fsp3) is 0.500. The van der Waals surface area contributed by atoms with E-state index < -0.39 is 17.5 Å². The van der Waals surface area contributed by atoms with E-state index in [1.54, 1.807) is 11.8 Å². The van der Waals surface area contributed by atoms with Crippen molar-refractivity contribution >= 4 is 11.8 Å². The lowest BCUT2D eigenvalue weighted by molar-refractivity contribution is -0.137. The Morgan fingerprint density at radius 3 is 2.54 bits per heavy atom. The number of alkyl halides is 3. The van der Waals surface area contributed by atoms with Gasteiger partial charge < -0.3 is 5.11 Å². The van der Waals surface area contributed by atoms with Crippen LogP contribution in [-0.2, 0) is 6.18 Å². The largest absolute Gasteiger partial charge is 0.507 e. The molecule has 2 saturated heterocycles. The Balaban J connectivity index is 1.55. The average molecular weight is 409 g/mol. The number of aryl methyl sites for hydroxylation is 1. The predicted molar refractivity (Wildman–Crippen MR) is 102 cm³/mol. The predicted octanol–water partition coefficient (Wildman–Crippen LogP) is 4.89. The minimum absolute atomic E-state index is 0.255. The summed E-state index contributed by atoms with van der Waals surface area (Å²) in [5.41, 5.74) is 0.548. The summed E-state index contributed by atoms with van der Waals surface area (Å²) in [7, 11) is 2.20. The first-order valence-electron chi connectivity index (χ1n) is 9.37. The summed E-state index contributed by atoms with van der Waals surface area (Å²) >= 11 is 1.73. The van der Waals surface area contributed by atoms with E-state index in [9.17, 15) is 18.3 Å². The third-order valence-corrected chi connectivity index (χ3v) is 7.22. The van der Waals surface area contributed by atoms with Gasteiger partial charge in [0.05, 0.1) is 11.3 Å². The zero-order chi connectivity index (χ0) is 20.1. The molecule has 0 radical (unpaired) electrons. The van der Waals surface area contributed by atoms with Gasteiger partial charge in [0.2, 0.25) is 0 Å². The molecular weight excluding hydrogens is 387 g/mol. The van der Waals surface area contributed by atoms with E-state index in [0.717, 1.165) is 29.1 Å². The first-order chi connectivity index (χ1) is 13.2. The Labute approximate surface area is 166 Å². The molecule has 0 amide bonds. The van der Waals surface area contributed by atoms with Gasteiger partial charge in [-0.15, -0.1) is 10.2 Å². The van der Waals surface area contributed by atoms with Crippen LogP contribution in [0.5, 0.6) is 5.75 Å². The van der Waals surface area contributed by atoms with Crippen molar-refractivity contribution in [2.24, 2.45) is 0 Å². The van der Waals surface area contributed by atoms with Gasteiger partial charge in [0, 0.05) is 22.9 Å². The molecule has 4 rings (SSSR count). The lowest BCUT2D eigenvalue weighted by atomic mass is 10.0. The minimum Gasteiger partial charge on any atom is -0.507 e. The van der Waals surface area contributed by atoms with E-state index in [4.69, 9.17) is 0 Å². The smallest absolute Gasteiger partial charge is 0.416 e. The molecule has 2 fully saturated rings. The lowest BCUT2D eigenvalue weighted by Crippen LogP contribution is -2.43. The molecule has 0 saturated carbocycles. The van der Waals surface area contributed by atoms with Crippen molar-refractivity contribution in [3.8, 4) is 17.0 Å². The highest BCUT2D eigenvalue weighted by Gasteiger charge is 2.40. The molecule has 8 heteroatoms. The molecule has 1 aromatic heterocycles. The zero-order valence-corrected chi connectivity index (χ0v) is 16.5. The Bertz CT molecular complexity index is 889. The Kier molecular flexibility index (Phi) is 5.03. The van der Waals surface area contributed by atoms with Crippen molar-refractivity contribution < 1.29 is 18.3 Å². The average Bonchev–Trinajstić information content (AvgIpc) is 2.85. The SMILES string of the molecule is Cc1cc(S[C@@H]2CC[C@@H]3CC[C@H]2N3C)nnc1-c1ccc(C(F)(F)F)cc1O. The quantitative estimate of drug-likeness (QED) is 0.782. The molecule has 28 heavy (non-hydrogen) atoms. The van der Waals surface area contributed by atoms with Crippen LogP contribution in [-0.4, -0.2) is 44.6 Å². The van der Waals surface area contributed by atoms with Crippen molar-refractivity contribution in [1.29, 1.82) is 0 Å². The molecule has 2 bridgehead atoms. The number of piperidine rings is 1. The molecule has 2 aliphatic rings. The van der Waals surface area contributed by atoms with Crippen LogP contribution in [0.1, 0.15) is 36.8 Å². The topological polar surface area (TPSA) is 49.2 Å². The monoisotopic (exact) mass is 409 g/mol. The van der Waals surface area contributed by atoms with Gasteiger partial charge in [-0.1, -0.05) is 11.8 Å². The molecule has 1 N–H and O–H groups in total. The first kappa shape index (κ1) is 19.5. The van der Waals surface area contributed by atoms with Crippen LogP contribution < -0.4 is 0 Å². The van der Waals surface area contributed by atoms with Crippen LogP contribution in [0.2, 0.25) is 0 Å². The minimum atomic E-state index is -4.50. The standard InChI is InChI=1S/C20H22F3N3OS/c1-11-9-18(28-17-8-5-13-4-7-15(17)26(13)2)24-25-19(11)14-6-3-12(10-16(14)27)20(21,22)23/h3,6,9-10,13,15,17,27H,4-5,7-8H2,1-2H3/t13-,15+,17+/m0/s1. The summed E-state index contributed by atoms with van der Waals surface area (Å²) in [6.07, 6.45) is 0.336. The highest BCUT2D eigenvalue weighted by atomic mass is 32.2. The number of benzene rings is 1. The van der Waals surface area contributed by atoms with Crippen LogP contribution >= 0.6 is 11.8 Å². The van der Waals surface area contributed by atoms with Crippen molar-refractivity contribution in [1.82, 2.24) is 15.1 Å². The van der Waals surface area contributed by atoms with Crippen LogP contribution in [0.4, 0.5) is 13.2 Å². The summed E-state index contributed by atoms with van der Waals surface area (Å²) in [6.45, 7) is 1.84. The molecule has 0 unspecified atom stereocenters. The zero-order valence-electron chi connectivity index (χ0n) is 15.7. The number of phenolic OH excluding ortho intramolecular Hbond substituents is 1. The number of aromatic hydroxyl groups is 1. The molecule has 2 aliphatic heterocycles. The Hall–Kier alpha value is -1.80. The van der Waals surface area contributed by atoms with Crippen LogP contribution in [0.3, 0.4) is 0 Å². The van der Waals surface area contributed by atoms with Gasteiger partial charge in [-0.25, -0.2) is 0 Å². The number of aromatic nitrogens is 2. The van der Waals surface area contributed by atoms with E-state index in [2.05, 4.69) is 22.1 Å². The van der Waals surface area contributed by atoms with Crippen LogP contribution in [0, 0.1) is 6.92 Å². The number of hydrogen-bond acceptors (Lipinski definition) is 5. The number of phenols is 1. The van der Waals surface area contributed by atoms with Crippen LogP contribution in [0.15, 0.2) is 29.3 Å². The summed E-state index contributed by atoms with van der Waals surface area (Å²) < 4.78 is 38.4. The summed E-state index contributed by atoms with van der Waals surface area (Å²) in [5.74, 6) is -0.446. The molecular formula is C20H22F3N3OS. The van der Waals surface area contributed by atoms with Crippen LogP contribution in [0.25, 0.3) is 11.3 Å². The second kappa shape index (κ2) is 7.22. The molecule has 3 atom stereocenters. The van der Waals surface area contributed by atoms with Gasteiger partial charge in [-0.05, 0) is 69.5 Å². The Morgan fingerprint density at radius 2 is 1.86 bits per heavy atom. The molecule has 4 nitrogen and oxygen atoms in total. The number of rotatable bonds is 3. The first-order valence-corrected chi connectivity index (χ1v) is 10.3. The maximum Gasteiger partial charge on any atom is 0.416 e. The maximum atomic E-state index is 12.8. The van der Waals surface area contributed by atoms with Crippen molar-refractivity contribution in [2.45, 2.75) is 61.1 Å². The normalized spacial score (nSPS) is 25.2. The molecule has 0 spiro atoms. The number of hydrogen-bond donors (Lipinski definition) is 1. The highest BCUT2D eigenvalue weighted by molar-refractivity contribution is 7.99. The third kappa shape index (κ3) is 3.59. The number of thioether (sulfide) groups is 1.